The first-order chi connectivity index (χ1) is 10.0. The number of anilines is 1. The van der Waals surface area contributed by atoms with Gasteiger partial charge in [0, 0.05) is 12.2 Å². The number of carbonyl (C=O) groups is 1. The lowest BCUT2D eigenvalue weighted by molar-refractivity contribution is -0.119. The number of hydrogen-bond donors (Lipinski definition) is 2. The predicted octanol–water partition coefficient (Wildman–Crippen LogP) is 2.77. The second-order valence-corrected chi connectivity index (χ2v) is 4.99. The van der Waals surface area contributed by atoms with Crippen LogP contribution in [0.15, 0.2) is 42.6 Å². The third-order valence-electron chi connectivity index (χ3n) is 2.85. The summed E-state index contributed by atoms with van der Waals surface area (Å²) in [5, 5.41) is 3.87. The summed E-state index contributed by atoms with van der Waals surface area (Å²) >= 11 is 5.80. The Bertz CT molecular complexity index is 599. The van der Waals surface area contributed by atoms with Crippen molar-refractivity contribution in [3.8, 4) is 5.75 Å². The Kier molecular flexibility index (Phi) is 5.00. The molecule has 1 atom stereocenters. The molecule has 0 spiro atoms. The summed E-state index contributed by atoms with van der Waals surface area (Å²) in [5.74, 6) is 0.859. The van der Waals surface area contributed by atoms with Crippen LogP contribution >= 0.6 is 11.6 Å². The van der Waals surface area contributed by atoms with Crippen molar-refractivity contribution in [1.29, 1.82) is 0 Å². The number of nitrogens with two attached hydrogens (primary N) is 1. The van der Waals surface area contributed by atoms with Crippen molar-refractivity contribution in [2.75, 3.05) is 11.9 Å². The van der Waals surface area contributed by atoms with E-state index in [2.05, 4.69) is 10.3 Å². The van der Waals surface area contributed by atoms with Gasteiger partial charge in [-0.1, -0.05) is 23.7 Å². The molecule has 5 nitrogen and oxygen atoms in total. The highest BCUT2D eigenvalue weighted by Crippen LogP contribution is 2.21. The number of nitrogens with one attached hydrogen (secondary N) is 1. The van der Waals surface area contributed by atoms with Gasteiger partial charge < -0.3 is 15.8 Å². The zero-order chi connectivity index (χ0) is 15.2. The number of amides is 1. The van der Waals surface area contributed by atoms with E-state index >= 15 is 0 Å². The molecule has 2 aromatic rings. The van der Waals surface area contributed by atoms with Crippen molar-refractivity contribution < 1.29 is 9.53 Å². The number of ether oxygens (including phenoxy) is 1. The maximum absolute atomic E-state index is 10.6. The number of carbonyl (C=O) groups excluding carboxylic acids is 1. The van der Waals surface area contributed by atoms with E-state index in [9.17, 15) is 4.79 Å². The maximum Gasteiger partial charge on any atom is 0.255 e. The number of primary amides is 1. The first kappa shape index (κ1) is 15.1. The van der Waals surface area contributed by atoms with E-state index in [1.54, 1.807) is 24.4 Å². The Balaban J connectivity index is 1.97. The Morgan fingerprint density at radius 3 is 2.62 bits per heavy atom. The molecular weight excluding hydrogens is 290 g/mol. The zero-order valence-corrected chi connectivity index (χ0v) is 12.3. The predicted molar refractivity (Wildman–Crippen MR) is 82.4 cm³/mol. The number of aromatic nitrogens is 1. The summed E-state index contributed by atoms with van der Waals surface area (Å²) in [7, 11) is 0. The van der Waals surface area contributed by atoms with Gasteiger partial charge in [0.25, 0.3) is 5.91 Å². The molecule has 0 bridgehead atoms. The minimum Gasteiger partial charge on any atom is -0.484 e. The average Bonchev–Trinajstić information content (AvgIpc) is 2.48. The van der Waals surface area contributed by atoms with E-state index < -0.39 is 5.91 Å². The van der Waals surface area contributed by atoms with Gasteiger partial charge in [-0.15, -0.1) is 0 Å². The van der Waals surface area contributed by atoms with Crippen molar-refractivity contribution >= 4 is 23.3 Å². The van der Waals surface area contributed by atoms with Gasteiger partial charge in [0.05, 0.1) is 5.02 Å². The fraction of sp³-hybridized carbons (Fsp3) is 0.200. The smallest absolute Gasteiger partial charge is 0.255 e. The Morgan fingerprint density at radius 2 is 2.05 bits per heavy atom. The Morgan fingerprint density at radius 1 is 1.33 bits per heavy atom. The summed E-state index contributed by atoms with van der Waals surface area (Å²) in [6.45, 7) is 1.90. The molecule has 1 aromatic heterocycles. The number of benzene rings is 1. The molecule has 0 fully saturated rings. The van der Waals surface area contributed by atoms with Crippen LogP contribution < -0.4 is 15.8 Å². The lowest BCUT2D eigenvalue weighted by Gasteiger charge is -2.15. The van der Waals surface area contributed by atoms with Crippen LogP contribution in [0.1, 0.15) is 18.5 Å². The number of halogens is 1. The highest BCUT2D eigenvalue weighted by atomic mass is 35.5. The summed E-state index contributed by atoms with van der Waals surface area (Å²) in [6.07, 6.45) is 1.59. The largest absolute Gasteiger partial charge is 0.484 e. The molecule has 110 valence electrons. The van der Waals surface area contributed by atoms with E-state index in [4.69, 9.17) is 22.1 Å². The zero-order valence-electron chi connectivity index (χ0n) is 11.5. The van der Waals surface area contributed by atoms with Crippen molar-refractivity contribution in [2.24, 2.45) is 5.73 Å². The van der Waals surface area contributed by atoms with E-state index in [1.807, 2.05) is 25.1 Å². The van der Waals surface area contributed by atoms with Gasteiger partial charge in [0.15, 0.2) is 6.61 Å². The van der Waals surface area contributed by atoms with Crippen LogP contribution in [-0.4, -0.2) is 17.5 Å². The summed E-state index contributed by atoms with van der Waals surface area (Å²) in [5.41, 5.74) is 6.09. The molecular formula is C15H16ClN3O2. The van der Waals surface area contributed by atoms with Crippen molar-refractivity contribution in [3.05, 3.63) is 53.2 Å². The normalized spacial score (nSPS) is 11.7. The SMILES string of the molecule is C[C@H](Nc1ccc(Cl)cn1)c1ccc(OCC(N)=O)cc1. The standard InChI is InChI=1S/C15H16ClN3O2/c1-10(19-15-7-4-12(16)8-18-15)11-2-5-13(6-3-11)21-9-14(17)20/h2-8,10H,9H2,1H3,(H2,17,20)(H,18,19)/t10-/m0/s1. The van der Waals surface area contributed by atoms with Gasteiger partial charge in [0.1, 0.15) is 11.6 Å². The van der Waals surface area contributed by atoms with Crippen LogP contribution in [0.3, 0.4) is 0 Å². The molecule has 1 aromatic carbocycles. The fourth-order valence-electron chi connectivity index (χ4n) is 1.77. The van der Waals surface area contributed by atoms with Crippen LogP contribution in [0.25, 0.3) is 0 Å². The third-order valence-corrected chi connectivity index (χ3v) is 3.08. The second-order valence-electron chi connectivity index (χ2n) is 4.55. The van der Waals surface area contributed by atoms with Gasteiger partial charge in [-0.2, -0.15) is 0 Å². The molecule has 3 N–H and O–H groups in total. The van der Waals surface area contributed by atoms with Gasteiger partial charge in [-0.25, -0.2) is 4.98 Å². The highest BCUT2D eigenvalue weighted by Gasteiger charge is 2.06. The fourth-order valence-corrected chi connectivity index (χ4v) is 1.89. The lowest BCUT2D eigenvalue weighted by Crippen LogP contribution is -2.20. The molecule has 0 aliphatic heterocycles. The van der Waals surface area contributed by atoms with Crippen molar-refractivity contribution in [1.82, 2.24) is 4.98 Å². The van der Waals surface area contributed by atoms with Gasteiger partial charge in [-0.3, -0.25) is 4.79 Å². The van der Waals surface area contributed by atoms with Crippen LogP contribution in [-0.2, 0) is 4.79 Å². The maximum atomic E-state index is 10.6. The highest BCUT2D eigenvalue weighted by molar-refractivity contribution is 6.30. The molecule has 0 aliphatic carbocycles. The molecule has 6 heteroatoms. The molecule has 0 saturated heterocycles. The van der Waals surface area contributed by atoms with Gasteiger partial charge in [-0.05, 0) is 36.8 Å². The first-order valence-electron chi connectivity index (χ1n) is 6.44. The van der Waals surface area contributed by atoms with Crippen LogP contribution in [0.4, 0.5) is 5.82 Å². The number of rotatable bonds is 6. The molecule has 1 heterocycles. The lowest BCUT2D eigenvalue weighted by atomic mass is 10.1. The monoisotopic (exact) mass is 305 g/mol. The van der Waals surface area contributed by atoms with Crippen LogP contribution in [0.2, 0.25) is 5.02 Å². The average molecular weight is 306 g/mol. The molecule has 21 heavy (non-hydrogen) atoms. The number of pyridine rings is 1. The molecule has 0 aliphatic rings. The van der Waals surface area contributed by atoms with Crippen molar-refractivity contribution in [3.63, 3.8) is 0 Å². The molecule has 1 amide bonds. The quantitative estimate of drug-likeness (QED) is 0.860. The van der Waals surface area contributed by atoms with Crippen LogP contribution in [0.5, 0.6) is 5.75 Å². The third kappa shape index (κ3) is 4.65. The van der Waals surface area contributed by atoms with Gasteiger partial charge in [0.2, 0.25) is 0 Å². The summed E-state index contributed by atoms with van der Waals surface area (Å²) in [6, 6.07) is 11.1. The second kappa shape index (κ2) is 6.95. The van der Waals surface area contributed by atoms with E-state index in [0.717, 1.165) is 11.4 Å². The van der Waals surface area contributed by atoms with Crippen molar-refractivity contribution in [2.45, 2.75) is 13.0 Å². The molecule has 0 radical (unpaired) electrons. The van der Waals surface area contributed by atoms with E-state index in [-0.39, 0.29) is 12.6 Å². The number of nitrogens with zero attached hydrogens (tertiary/aromatic N) is 1. The Labute approximate surface area is 128 Å². The van der Waals surface area contributed by atoms with Crippen LogP contribution in [0, 0.1) is 0 Å². The van der Waals surface area contributed by atoms with E-state index in [0.29, 0.717) is 10.8 Å². The van der Waals surface area contributed by atoms with E-state index in [1.165, 1.54) is 0 Å². The molecule has 0 unspecified atom stereocenters. The minimum atomic E-state index is -0.497. The molecule has 0 saturated carbocycles. The van der Waals surface area contributed by atoms with Gasteiger partial charge >= 0.3 is 0 Å². The summed E-state index contributed by atoms with van der Waals surface area (Å²) < 4.78 is 5.21. The summed E-state index contributed by atoms with van der Waals surface area (Å²) in [4.78, 5) is 14.8. The molecule has 2 rings (SSSR count). The minimum absolute atomic E-state index is 0.0730. The Hall–Kier alpha value is -2.27. The number of hydrogen-bond acceptors (Lipinski definition) is 4. The first-order valence-corrected chi connectivity index (χ1v) is 6.81. The topological polar surface area (TPSA) is 77.2 Å².